The second-order valence-electron chi connectivity index (χ2n) is 4.12. The number of benzene rings is 2. The lowest BCUT2D eigenvalue weighted by molar-refractivity contribution is 1.42. The predicted octanol–water partition coefficient (Wildman–Crippen LogP) is 1.55. The highest BCUT2D eigenvalue weighted by molar-refractivity contribution is 7.49. The van der Waals surface area contributed by atoms with Crippen molar-refractivity contribution in [2.24, 2.45) is 0 Å². The zero-order valence-electron chi connectivity index (χ0n) is 9.98. The Morgan fingerprint density at radius 1 is 0.882 bits per heavy atom. The molecule has 2 rings (SSSR count). The summed E-state index contributed by atoms with van der Waals surface area (Å²) in [6, 6.07) is 23.2. The Hall–Kier alpha value is -0.909. The van der Waals surface area contributed by atoms with Gasteiger partial charge in [-0.15, -0.1) is 0 Å². The molecule has 0 bridgehead atoms. The first-order valence-corrected chi connectivity index (χ1v) is 11.6. The van der Waals surface area contributed by atoms with Gasteiger partial charge >= 0.3 is 0 Å². The molecule has 0 aliphatic carbocycles. The minimum absolute atomic E-state index is 0.819. The third kappa shape index (κ3) is 2.36. The van der Waals surface area contributed by atoms with Gasteiger partial charge in [0.2, 0.25) is 0 Å². The maximum Gasteiger partial charge on any atom is 0.101 e. The van der Waals surface area contributed by atoms with Crippen molar-refractivity contribution in [2.75, 3.05) is 0 Å². The van der Waals surface area contributed by atoms with Crippen LogP contribution in [-0.2, 0) is 0 Å². The SMILES string of the molecule is CC[Si]([Si][Si])(c1ccccc1)c1ccccc1. The van der Waals surface area contributed by atoms with Crippen LogP contribution in [0.2, 0.25) is 6.04 Å². The topological polar surface area (TPSA) is 0 Å². The molecule has 2 aromatic rings. The summed E-state index contributed by atoms with van der Waals surface area (Å²) < 4.78 is 0. The van der Waals surface area contributed by atoms with E-state index in [-0.39, 0.29) is 0 Å². The van der Waals surface area contributed by atoms with Crippen molar-refractivity contribution in [2.45, 2.75) is 13.0 Å². The average molecular weight is 268 g/mol. The summed E-state index contributed by atoms with van der Waals surface area (Å²) in [5, 5.41) is 3.06. The van der Waals surface area contributed by atoms with E-state index in [1.54, 1.807) is 0 Å². The Morgan fingerprint density at radius 2 is 1.29 bits per heavy atom. The van der Waals surface area contributed by atoms with Gasteiger partial charge in [0.05, 0.1) is 0 Å². The summed E-state index contributed by atoms with van der Waals surface area (Å²) in [7, 11) is 3.11. The summed E-state index contributed by atoms with van der Waals surface area (Å²) in [5.74, 6) is 0. The standard InChI is InChI=1S/C14H15Si3/c1-2-17(16-15,13-9-5-3-6-10-13)14-11-7-4-8-12-14/h3-12H,2H2,1H3. The van der Waals surface area contributed by atoms with Crippen LogP contribution in [-0.4, -0.2) is 25.9 Å². The fraction of sp³-hybridized carbons (Fsp3) is 0.143. The lowest BCUT2D eigenvalue weighted by Crippen LogP contribution is -2.63. The molecule has 0 fully saturated rings. The van der Waals surface area contributed by atoms with E-state index in [9.17, 15) is 0 Å². The first-order valence-electron chi connectivity index (χ1n) is 5.88. The van der Waals surface area contributed by atoms with Crippen molar-refractivity contribution in [3.8, 4) is 0 Å². The molecule has 0 spiro atoms. The van der Waals surface area contributed by atoms with Gasteiger partial charge in [0.15, 0.2) is 0 Å². The first-order chi connectivity index (χ1) is 8.33. The molecule has 83 valence electrons. The fourth-order valence-electron chi connectivity index (χ4n) is 2.25. The highest BCUT2D eigenvalue weighted by atomic mass is 29.5. The van der Waals surface area contributed by atoms with E-state index < -0.39 is 7.59 Å². The van der Waals surface area contributed by atoms with E-state index in [2.05, 4.69) is 77.3 Å². The lowest BCUT2D eigenvalue weighted by Gasteiger charge is -2.30. The van der Waals surface area contributed by atoms with Crippen molar-refractivity contribution < 1.29 is 0 Å². The van der Waals surface area contributed by atoms with Crippen LogP contribution < -0.4 is 10.4 Å². The fourth-order valence-corrected chi connectivity index (χ4v) is 12.0. The monoisotopic (exact) mass is 267 g/mol. The molecule has 0 aromatic heterocycles. The van der Waals surface area contributed by atoms with Crippen molar-refractivity contribution >= 4 is 36.3 Å². The molecule has 0 saturated heterocycles. The van der Waals surface area contributed by atoms with Crippen molar-refractivity contribution in [1.29, 1.82) is 0 Å². The van der Waals surface area contributed by atoms with Crippen molar-refractivity contribution in [1.82, 2.24) is 0 Å². The predicted molar refractivity (Wildman–Crippen MR) is 79.9 cm³/mol. The van der Waals surface area contributed by atoms with E-state index in [0.717, 1.165) is 8.55 Å². The van der Waals surface area contributed by atoms with E-state index >= 15 is 0 Å². The maximum absolute atomic E-state index is 3.85. The molecule has 0 aliphatic rings. The van der Waals surface area contributed by atoms with Gasteiger partial charge in [-0.3, -0.25) is 0 Å². The molecule has 0 aliphatic heterocycles. The van der Waals surface area contributed by atoms with Gasteiger partial charge < -0.3 is 0 Å². The highest BCUT2D eigenvalue weighted by Crippen LogP contribution is 2.08. The summed E-state index contributed by atoms with van der Waals surface area (Å²) >= 11 is 0. The molecule has 0 heterocycles. The Balaban J connectivity index is 2.54. The highest BCUT2D eigenvalue weighted by Gasteiger charge is 2.32. The van der Waals surface area contributed by atoms with Gasteiger partial charge in [-0.2, -0.15) is 0 Å². The van der Waals surface area contributed by atoms with Crippen LogP contribution in [0.4, 0.5) is 0 Å². The van der Waals surface area contributed by atoms with Crippen LogP contribution in [0.25, 0.3) is 0 Å². The van der Waals surface area contributed by atoms with Gasteiger partial charge in [-0.25, -0.2) is 0 Å². The molecular weight excluding hydrogens is 252 g/mol. The first kappa shape index (κ1) is 12.5. The molecule has 0 unspecified atom stereocenters. The normalized spacial score (nSPS) is 11.4. The molecule has 5 radical (unpaired) electrons. The van der Waals surface area contributed by atoms with E-state index in [1.165, 1.54) is 16.4 Å². The number of rotatable bonds is 4. The largest absolute Gasteiger partial charge is 0.101 e. The van der Waals surface area contributed by atoms with Crippen LogP contribution in [0.5, 0.6) is 0 Å². The molecule has 0 atom stereocenters. The number of hydrogen-bond acceptors (Lipinski definition) is 0. The van der Waals surface area contributed by atoms with Gasteiger partial charge in [-0.1, -0.05) is 84.0 Å². The zero-order chi connectivity index (χ0) is 12.1. The Morgan fingerprint density at radius 3 is 1.59 bits per heavy atom. The van der Waals surface area contributed by atoms with Crippen LogP contribution >= 0.6 is 0 Å². The summed E-state index contributed by atoms with van der Waals surface area (Å²) in [6.07, 6.45) is 0. The molecule has 0 nitrogen and oxygen atoms in total. The molecular formula is C14H15Si3. The molecule has 0 N–H and O–H groups in total. The van der Waals surface area contributed by atoms with Crippen molar-refractivity contribution in [3.05, 3.63) is 60.7 Å². The Bertz CT molecular complexity index is 408. The van der Waals surface area contributed by atoms with Crippen LogP contribution in [0.15, 0.2) is 60.7 Å². The van der Waals surface area contributed by atoms with Gasteiger partial charge in [-0.05, 0) is 0 Å². The van der Waals surface area contributed by atoms with Gasteiger partial charge in [0, 0.05) is 18.3 Å². The molecule has 3 heteroatoms. The Kier molecular flexibility index (Phi) is 4.15. The second kappa shape index (κ2) is 5.62. The number of hydrogen-bond donors (Lipinski definition) is 0. The summed E-state index contributed by atoms with van der Waals surface area (Å²) in [5.41, 5.74) is 0. The van der Waals surface area contributed by atoms with Crippen LogP contribution in [0, 0.1) is 0 Å². The van der Waals surface area contributed by atoms with Crippen LogP contribution in [0.1, 0.15) is 6.92 Å². The quantitative estimate of drug-likeness (QED) is 0.738. The van der Waals surface area contributed by atoms with Crippen molar-refractivity contribution in [3.63, 3.8) is 0 Å². The Labute approximate surface area is 110 Å². The van der Waals surface area contributed by atoms with Gasteiger partial charge in [0.25, 0.3) is 0 Å². The minimum atomic E-state index is -1.55. The molecule has 0 saturated carbocycles. The molecule has 2 aromatic carbocycles. The minimum Gasteiger partial charge on any atom is -0.0674 e. The third-order valence-electron chi connectivity index (χ3n) is 3.28. The van der Waals surface area contributed by atoms with E-state index in [0.29, 0.717) is 0 Å². The lowest BCUT2D eigenvalue weighted by atomic mass is 10.4. The maximum atomic E-state index is 3.85. The molecule has 17 heavy (non-hydrogen) atoms. The smallest absolute Gasteiger partial charge is 0.0674 e. The van der Waals surface area contributed by atoms with E-state index in [4.69, 9.17) is 0 Å². The van der Waals surface area contributed by atoms with E-state index in [1.807, 2.05) is 0 Å². The van der Waals surface area contributed by atoms with Gasteiger partial charge in [0.1, 0.15) is 7.59 Å². The van der Waals surface area contributed by atoms with Crippen LogP contribution in [0.3, 0.4) is 0 Å². The average Bonchev–Trinajstić information content (AvgIpc) is 2.43. The third-order valence-corrected chi connectivity index (χ3v) is 15.3. The zero-order valence-corrected chi connectivity index (χ0v) is 13.0. The summed E-state index contributed by atoms with van der Waals surface area (Å²) in [6.45, 7) is 2.32. The molecule has 0 amide bonds. The second-order valence-corrected chi connectivity index (χ2v) is 13.6. The summed E-state index contributed by atoms with van der Waals surface area (Å²) in [4.78, 5) is 0.